The molecule has 5 heteroatoms. The molecule has 2 rings (SSSR count). The lowest BCUT2D eigenvalue weighted by molar-refractivity contribution is 0.117. The van der Waals surface area contributed by atoms with Crippen LogP contribution in [0.15, 0.2) is 24.3 Å². The molecule has 1 fully saturated rings. The number of amides is 2. The number of benzene rings is 1. The number of rotatable bonds is 5. The first-order valence-electron chi connectivity index (χ1n) is 7.52. The molecular formula is C16H24N2O3. The molecule has 0 saturated heterocycles. The highest BCUT2D eigenvalue weighted by Crippen LogP contribution is 2.18. The maximum Gasteiger partial charge on any atom is 0.315 e. The topological polar surface area (TPSA) is 70.6 Å². The minimum Gasteiger partial charge on any atom is -0.497 e. The fraction of sp³-hybridized carbons (Fsp3) is 0.562. The summed E-state index contributed by atoms with van der Waals surface area (Å²) in [6, 6.07) is 7.91. The van der Waals surface area contributed by atoms with Crippen LogP contribution in [-0.4, -0.2) is 36.9 Å². The summed E-state index contributed by atoms with van der Waals surface area (Å²) in [4.78, 5) is 11.8. The van der Waals surface area contributed by atoms with Crippen molar-refractivity contribution < 1.29 is 14.6 Å². The van der Waals surface area contributed by atoms with Gasteiger partial charge < -0.3 is 20.5 Å². The second kappa shape index (κ2) is 7.88. The molecule has 0 aliphatic heterocycles. The Hall–Kier alpha value is -1.75. The number of aliphatic hydroxyl groups is 1. The summed E-state index contributed by atoms with van der Waals surface area (Å²) >= 11 is 0. The summed E-state index contributed by atoms with van der Waals surface area (Å²) in [5.41, 5.74) is 1.16. The molecule has 0 atom stereocenters. The Morgan fingerprint density at radius 3 is 2.52 bits per heavy atom. The monoisotopic (exact) mass is 292 g/mol. The molecule has 0 radical (unpaired) electrons. The van der Waals surface area contributed by atoms with Crippen molar-refractivity contribution in [2.45, 2.75) is 44.2 Å². The van der Waals surface area contributed by atoms with E-state index in [9.17, 15) is 9.90 Å². The van der Waals surface area contributed by atoms with Gasteiger partial charge in [-0.1, -0.05) is 12.1 Å². The van der Waals surface area contributed by atoms with Crippen molar-refractivity contribution in [3.63, 3.8) is 0 Å². The molecule has 1 aromatic rings. The van der Waals surface area contributed by atoms with E-state index >= 15 is 0 Å². The van der Waals surface area contributed by atoms with E-state index in [2.05, 4.69) is 10.6 Å². The van der Waals surface area contributed by atoms with E-state index in [1.165, 1.54) is 0 Å². The van der Waals surface area contributed by atoms with Gasteiger partial charge in [-0.2, -0.15) is 0 Å². The van der Waals surface area contributed by atoms with Crippen LogP contribution in [0.1, 0.15) is 31.2 Å². The lowest BCUT2D eigenvalue weighted by Gasteiger charge is -2.26. The molecule has 0 unspecified atom stereocenters. The summed E-state index contributed by atoms with van der Waals surface area (Å²) in [7, 11) is 1.64. The molecule has 1 saturated carbocycles. The van der Waals surface area contributed by atoms with Crippen molar-refractivity contribution in [2.75, 3.05) is 13.7 Å². The highest BCUT2D eigenvalue weighted by atomic mass is 16.5. The summed E-state index contributed by atoms with van der Waals surface area (Å²) < 4.78 is 5.11. The van der Waals surface area contributed by atoms with Gasteiger partial charge in [0.2, 0.25) is 0 Å². The second-order valence-electron chi connectivity index (χ2n) is 5.50. The van der Waals surface area contributed by atoms with Gasteiger partial charge in [-0.15, -0.1) is 0 Å². The average Bonchev–Trinajstić information content (AvgIpc) is 2.50. The van der Waals surface area contributed by atoms with Gasteiger partial charge in [-0.25, -0.2) is 4.79 Å². The molecule has 2 amide bonds. The van der Waals surface area contributed by atoms with Crippen molar-refractivity contribution in [3.8, 4) is 5.75 Å². The van der Waals surface area contributed by atoms with Crippen LogP contribution in [0, 0.1) is 0 Å². The van der Waals surface area contributed by atoms with Crippen molar-refractivity contribution in [2.24, 2.45) is 0 Å². The molecular weight excluding hydrogens is 268 g/mol. The third-order valence-electron chi connectivity index (χ3n) is 3.89. The molecule has 1 aliphatic carbocycles. The van der Waals surface area contributed by atoms with Gasteiger partial charge in [0.15, 0.2) is 0 Å². The standard InChI is InChI=1S/C16H24N2O3/c1-21-15-8-2-12(3-9-15)10-11-17-16(20)18-13-4-6-14(19)7-5-13/h2-3,8-9,13-14,19H,4-7,10-11H2,1H3,(H2,17,18,20). The fourth-order valence-corrected chi connectivity index (χ4v) is 2.57. The number of carbonyl (C=O) groups excluding carboxylic acids is 1. The SMILES string of the molecule is COc1ccc(CCNC(=O)NC2CCC(O)CC2)cc1. The molecule has 1 aromatic carbocycles. The lowest BCUT2D eigenvalue weighted by Crippen LogP contribution is -2.44. The highest BCUT2D eigenvalue weighted by Gasteiger charge is 2.20. The van der Waals surface area contributed by atoms with Crippen LogP contribution in [0.4, 0.5) is 4.79 Å². The summed E-state index contributed by atoms with van der Waals surface area (Å²) in [6.45, 7) is 0.605. The first-order chi connectivity index (χ1) is 10.2. The van der Waals surface area contributed by atoms with Crippen LogP contribution in [0.25, 0.3) is 0 Å². The van der Waals surface area contributed by atoms with Crippen molar-refractivity contribution in [1.29, 1.82) is 0 Å². The Balaban J connectivity index is 1.64. The minimum absolute atomic E-state index is 0.120. The Labute approximate surface area is 125 Å². The fourth-order valence-electron chi connectivity index (χ4n) is 2.57. The van der Waals surface area contributed by atoms with Crippen molar-refractivity contribution in [1.82, 2.24) is 10.6 Å². The Morgan fingerprint density at radius 2 is 1.90 bits per heavy atom. The van der Waals surface area contributed by atoms with Gasteiger partial charge in [0.25, 0.3) is 0 Å². The third kappa shape index (κ3) is 5.27. The molecule has 5 nitrogen and oxygen atoms in total. The zero-order valence-electron chi connectivity index (χ0n) is 12.5. The Kier molecular flexibility index (Phi) is 5.87. The Bertz CT molecular complexity index is 439. The molecule has 21 heavy (non-hydrogen) atoms. The van der Waals surface area contributed by atoms with E-state index in [0.29, 0.717) is 6.54 Å². The van der Waals surface area contributed by atoms with Gasteiger partial charge in [0.05, 0.1) is 13.2 Å². The van der Waals surface area contributed by atoms with Gasteiger partial charge in [-0.05, 0) is 49.8 Å². The molecule has 0 spiro atoms. The number of hydrogen-bond donors (Lipinski definition) is 3. The van der Waals surface area contributed by atoms with E-state index < -0.39 is 0 Å². The zero-order valence-corrected chi connectivity index (χ0v) is 12.5. The predicted octanol–water partition coefficient (Wildman–Crippen LogP) is 1.84. The average molecular weight is 292 g/mol. The minimum atomic E-state index is -0.193. The number of nitrogens with one attached hydrogen (secondary N) is 2. The van der Waals surface area contributed by atoms with Crippen LogP contribution in [-0.2, 0) is 6.42 Å². The second-order valence-corrected chi connectivity index (χ2v) is 5.50. The maximum atomic E-state index is 11.8. The largest absolute Gasteiger partial charge is 0.497 e. The molecule has 1 aliphatic rings. The van der Waals surface area contributed by atoms with Crippen LogP contribution in [0.2, 0.25) is 0 Å². The molecule has 3 N–H and O–H groups in total. The van der Waals surface area contributed by atoms with Crippen LogP contribution in [0.5, 0.6) is 5.75 Å². The number of carbonyl (C=O) groups is 1. The first kappa shape index (κ1) is 15.6. The van der Waals surface area contributed by atoms with Crippen molar-refractivity contribution >= 4 is 6.03 Å². The van der Waals surface area contributed by atoms with Gasteiger partial charge >= 0.3 is 6.03 Å². The predicted molar refractivity (Wildman–Crippen MR) is 81.5 cm³/mol. The van der Waals surface area contributed by atoms with Gasteiger partial charge in [0, 0.05) is 12.6 Å². The van der Waals surface area contributed by atoms with E-state index in [1.54, 1.807) is 7.11 Å². The number of hydrogen-bond acceptors (Lipinski definition) is 3. The normalized spacial score (nSPS) is 21.6. The third-order valence-corrected chi connectivity index (χ3v) is 3.89. The van der Waals surface area contributed by atoms with Crippen LogP contribution >= 0.6 is 0 Å². The van der Waals surface area contributed by atoms with E-state index in [-0.39, 0.29) is 18.2 Å². The number of aliphatic hydroxyl groups excluding tert-OH is 1. The van der Waals surface area contributed by atoms with E-state index in [0.717, 1.165) is 43.4 Å². The van der Waals surface area contributed by atoms with Gasteiger partial charge in [-0.3, -0.25) is 0 Å². The molecule has 116 valence electrons. The highest BCUT2D eigenvalue weighted by molar-refractivity contribution is 5.74. The lowest BCUT2D eigenvalue weighted by atomic mass is 9.93. The van der Waals surface area contributed by atoms with Crippen LogP contribution < -0.4 is 15.4 Å². The maximum absolute atomic E-state index is 11.8. The zero-order chi connectivity index (χ0) is 15.1. The molecule has 0 heterocycles. The molecule has 0 aromatic heterocycles. The first-order valence-corrected chi connectivity index (χ1v) is 7.52. The quantitative estimate of drug-likeness (QED) is 0.775. The van der Waals surface area contributed by atoms with Crippen LogP contribution in [0.3, 0.4) is 0 Å². The van der Waals surface area contributed by atoms with E-state index in [4.69, 9.17) is 4.74 Å². The summed E-state index contributed by atoms with van der Waals surface area (Å²) in [5, 5.41) is 15.3. The number of ether oxygens (including phenoxy) is 1. The Morgan fingerprint density at radius 1 is 1.24 bits per heavy atom. The van der Waals surface area contributed by atoms with E-state index in [1.807, 2.05) is 24.3 Å². The van der Waals surface area contributed by atoms with Crippen molar-refractivity contribution in [3.05, 3.63) is 29.8 Å². The van der Waals surface area contributed by atoms with Gasteiger partial charge in [0.1, 0.15) is 5.75 Å². The smallest absolute Gasteiger partial charge is 0.315 e. The number of urea groups is 1. The molecule has 0 bridgehead atoms. The summed E-state index contributed by atoms with van der Waals surface area (Å²) in [6.07, 6.45) is 3.86. The summed E-state index contributed by atoms with van der Waals surface area (Å²) in [5.74, 6) is 0.837. The number of methoxy groups -OCH3 is 1.